The fourth-order valence-electron chi connectivity index (χ4n) is 1.52. The third-order valence-corrected chi connectivity index (χ3v) is 2.45. The minimum atomic E-state index is -0.342. The van der Waals surface area contributed by atoms with E-state index in [4.69, 9.17) is 0 Å². The second-order valence-corrected chi connectivity index (χ2v) is 4.01. The number of methoxy groups -OCH3 is 1. The smallest absolute Gasteiger partial charge is 0.310 e. The molecule has 94 valence electrons. The van der Waals surface area contributed by atoms with Gasteiger partial charge in [-0.25, -0.2) is 0 Å². The Balaban J connectivity index is 2.62. The lowest BCUT2D eigenvalue weighted by Gasteiger charge is -2.19. The number of rotatable bonds is 4. The SMILES string of the molecule is COC(=O)C(C)CN(C)C(=O)c1cnn(C)c1. The van der Waals surface area contributed by atoms with Crippen LogP contribution in [0.15, 0.2) is 12.4 Å². The van der Waals surface area contributed by atoms with Crippen LogP contribution in [0.25, 0.3) is 0 Å². The van der Waals surface area contributed by atoms with E-state index in [0.717, 1.165) is 0 Å². The maximum atomic E-state index is 11.9. The molecule has 0 aliphatic heterocycles. The fraction of sp³-hybridized carbons (Fsp3) is 0.545. The van der Waals surface area contributed by atoms with Gasteiger partial charge in [0.2, 0.25) is 0 Å². The minimum Gasteiger partial charge on any atom is -0.469 e. The molecule has 1 atom stereocenters. The highest BCUT2D eigenvalue weighted by Gasteiger charge is 2.20. The van der Waals surface area contributed by atoms with Crippen molar-refractivity contribution in [2.24, 2.45) is 13.0 Å². The molecule has 1 heterocycles. The predicted molar refractivity (Wildman–Crippen MR) is 61.3 cm³/mol. The number of carbonyl (C=O) groups is 2. The van der Waals surface area contributed by atoms with Crippen LogP contribution in [0.5, 0.6) is 0 Å². The molecule has 0 saturated carbocycles. The Bertz CT molecular complexity index is 414. The Labute approximate surface area is 100 Å². The van der Waals surface area contributed by atoms with Crippen LogP contribution in [0.1, 0.15) is 17.3 Å². The molecule has 1 aromatic rings. The first kappa shape index (κ1) is 13.2. The van der Waals surface area contributed by atoms with Crippen molar-refractivity contribution in [2.75, 3.05) is 20.7 Å². The molecule has 0 bridgehead atoms. The fourth-order valence-corrected chi connectivity index (χ4v) is 1.52. The number of hydrogen-bond donors (Lipinski definition) is 0. The maximum Gasteiger partial charge on any atom is 0.310 e. The maximum absolute atomic E-state index is 11.9. The molecule has 0 saturated heterocycles. The van der Waals surface area contributed by atoms with Gasteiger partial charge in [0.25, 0.3) is 5.91 Å². The van der Waals surface area contributed by atoms with Crippen LogP contribution in [-0.4, -0.2) is 47.3 Å². The molecule has 0 aliphatic rings. The molecule has 0 aliphatic carbocycles. The van der Waals surface area contributed by atoms with Gasteiger partial charge in [-0.3, -0.25) is 14.3 Å². The Morgan fingerprint density at radius 3 is 2.71 bits per heavy atom. The summed E-state index contributed by atoms with van der Waals surface area (Å²) >= 11 is 0. The summed E-state index contributed by atoms with van der Waals surface area (Å²) in [6.45, 7) is 2.04. The van der Waals surface area contributed by atoms with E-state index in [-0.39, 0.29) is 17.8 Å². The van der Waals surface area contributed by atoms with E-state index in [9.17, 15) is 9.59 Å². The average molecular weight is 239 g/mol. The van der Waals surface area contributed by atoms with Gasteiger partial charge in [-0.15, -0.1) is 0 Å². The van der Waals surface area contributed by atoms with E-state index < -0.39 is 0 Å². The number of aromatic nitrogens is 2. The average Bonchev–Trinajstić information content (AvgIpc) is 2.73. The standard InChI is InChI=1S/C11H17N3O3/c1-8(11(16)17-4)6-13(2)10(15)9-5-12-14(3)7-9/h5,7-8H,6H2,1-4H3. The summed E-state index contributed by atoms with van der Waals surface area (Å²) in [6.07, 6.45) is 3.14. The van der Waals surface area contributed by atoms with E-state index in [1.807, 2.05) is 0 Å². The third kappa shape index (κ3) is 3.30. The van der Waals surface area contributed by atoms with Crippen LogP contribution < -0.4 is 0 Å². The van der Waals surface area contributed by atoms with Gasteiger partial charge in [0.05, 0.1) is 24.8 Å². The lowest BCUT2D eigenvalue weighted by atomic mass is 10.1. The van der Waals surface area contributed by atoms with Crippen LogP contribution >= 0.6 is 0 Å². The highest BCUT2D eigenvalue weighted by molar-refractivity contribution is 5.93. The number of carbonyl (C=O) groups excluding carboxylic acids is 2. The molecule has 6 heteroatoms. The summed E-state index contributed by atoms with van der Waals surface area (Å²) < 4.78 is 6.17. The zero-order valence-electron chi connectivity index (χ0n) is 10.5. The summed E-state index contributed by atoms with van der Waals surface area (Å²) in [5.41, 5.74) is 0.507. The molecular formula is C11H17N3O3. The number of hydrogen-bond acceptors (Lipinski definition) is 4. The Morgan fingerprint density at radius 1 is 1.59 bits per heavy atom. The van der Waals surface area contributed by atoms with Gasteiger partial charge in [0.15, 0.2) is 0 Å². The Morgan fingerprint density at radius 2 is 2.24 bits per heavy atom. The minimum absolute atomic E-state index is 0.158. The zero-order chi connectivity index (χ0) is 13.0. The van der Waals surface area contributed by atoms with E-state index in [1.165, 1.54) is 18.2 Å². The Hall–Kier alpha value is -1.85. The van der Waals surface area contributed by atoms with Crippen LogP contribution in [0.4, 0.5) is 0 Å². The molecule has 0 fully saturated rings. The van der Waals surface area contributed by atoms with Crippen molar-refractivity contribution >= 4 is 11.9 Å². The van der Waals surface area contributed by atoms with Crippen molar-refractivity contribution < 1.29 is 14.3 Å². The first-order chi connectivity index (χ1) is 7.95. The van der Waals surface area contributed by atoms with Crippen molar-refractivity contribution in [2.45, 2.75) is 6.92 Å². The lowest BCUT2D eigenvalue weighted by Crippen LogP contribution is -2.34. The van der Waals surface area contributed by atoms with Gasteiger partial charge in [0.1, 0.15) is 0 Å². The quantitative estimate of drug-likeness (QED) is 0.709. The second kappa shape index (κ2) is 5.47. The van der Waals surface area contributed by atoms with E-state index in [0.29, 0.717) is 12.1 Å². The number of ether oxygens (including phenoxy) is 1. The molecule has 0 radical (unpaired) electrons. The molecule has 1 unspecified atom stereocenters. The molecule has 17 heavy (non-hydrogen) atoms. The number of nitrogens with zero attached hydrogens (tertiary/aromatic N) is 3. The van der Waals surface area contributed by atoms with Gasteiger partial charge in [-0.1, -0.05) is 6.92 Å². The molecule has 6 nitrogen and oxygen atoms in total. The van der Waals surface area contributed by atoms with Crippen molar-refractivity contribution in [3.8, 4) is 0 Å². The van der Waals surface area contributed by atoms with Crippen LogP contribution in [0.3, 0.4) is 0 Å². The topological polar surface area (TPSA) is 64.4 Å². The summed E-state index contributed by atoms with van der Waals surface area (Å²) in [4.78, 5) is 24.6. The normalized spacial score (nSPS) is 12.0. The predicted octanol–water partition coefficient (Wildman–Crippen LogP) is 0.301. The molecular weight excluding hydrogens is 222 g/mol. The molecule has 1 aromatic heterocycles. The lowest BCUT2D eigenvalue weighted by molar-refractivity contribution is -0.145. The van der Waals surface area contributed by atoms with Gasteiger partial charge in [-0.05, 0) is 0 Å². The van der Waals surface area contributed by atoms with Crippen LogP contribution in [-0.2, 0) is 16.6 Å². The first-order valence-electron chi connectivity index (χ1n) is 5.27. The largest absolute Gasteiger partial charge is 0.469 e. The molecule has 0 aromatic carbocycles. The van der Waals surface area contributed by atoms with Gasteiger partial charge < -0.3 is 9.64 Å². The number of amides is 1. The van der Waals surface area contributed by atoms with Gasteiger partial charge in [0, 0.05) is 26.8 Å². The van der Waals surface area contributed by atoms with Crippen LogP contribution in [0.2, 0.25) is 0 Å². The van der Waals surface area contributed by atoms with Crippen molar-refractivity contribution in [1.82, 2.24) is 14.7 Å². The monoisotopic (exact) mass is 239 g/mol. The number of aryl methyl sites for hydroxylation is 1. The van der Waals surface area contributed by atoms with Gasteiger partial charge in [-0.2, -0.15) is 5.10 Å². The highest BCUT2D eigenvalue weighted by Crippen LogP contribution is 2.06. The van der Waals surface area contributed by atoms with Crippen molar-refractivity contribution in [1.29, 1.82) is 0 Å². The van der Waals surface area contributed by atoms with E-state index in [2.05, 4.69) is 9.84 Å². The summed E-state index contributed by atoms with van der Waals surface area (Å²) in [7, 11) is 4.73. The number of esters is 1. The highest BCUT2D eigenvalue weighted by atomic mass is 16.5. The summed E-state index contributed by atoms with van der Waals surface area (Å²) in [5, 5.41) is 3.93. The third-order valence-electron chi connectivity index (χ3n) is 2.45. The van der Waals surface area contributed by atoms with Gasteiger partial charge >= 0.3 is 5.97 Å². The molecule has 1 rings (SSSR count). The first-order valence-corrected chi connectivity index (χ1v) is 5.27. The van der Waals surface area contributed by atoms with E-state index in [1.54, 1.807) is 31.9 Å². The Kier molecular flexibility index (Phi) is 4.25. The second-order valence-electron chi connectivity index (χ2n) is 4.01. The molecule has 0 N–H and O–H groups in total. The van der Waals surface area contributed by atoms with E-state index >= 15 is 0 Å². The molecule has 1 amide bonds. The van der Waals surface area contributed by atoms with Crippen LogP contribution in [0, 0.1) is 5.92 Å². The zero-order valence-corrected chi connectivity index (χ0v) is 10.5. The summed E-state index contributed by atoms with van der Waals surface area (Å²) in [6, 6.07) is 0. The molecule has 0 spiro atoms. The van der Waals surface area contributed by atoms with Crippen molar-refractivity contribution in [3.63, 3.8) is 0 Å². The summed E-state index contributed by atoms with van der Waals surface area (Å²) in [5.74, 6) is -0.824. The van der Waals surface area contributed by atoms with Crippen molar-refractivity contribution in [3.05, 3.63) is 18.0 Å².